The predicted molar refractivity (Wildman–Crippen MR) is 60.2 cm³/mol. The van der Waals surface area contributed by atoms with Gasteiger partial charge in [-0.05, 0) is 26.2 Å². The lowest BCUT2D eigenvalue weighted by Gasteiger charge is -2.10. The first kappa shape index (κ1) is 10.4. The number of nitrogens with one attached hydrogen (secondary N) is 1. The number of hydrogen-bond donors (Lipinski definition) is 1. The molecule has 0 atom stereocenters. The van der Waals surface area contributed by atoms with E-state index in [1.165, 1.54) is 25.7 Å². The van der Waals surface area contributed by atoms with E-state index in [0.717, 1.165) is 23.5 Å². The van der Waals surface area contributed by atoms with Crippen LogP contribution in [0.1, 0.15) is 55.6 Å². The molecule has 3 heteroatoms. The van der Waals surface area contributed by atoms with E-state index < -0.39 is 0 Å². The van der Waals surface area contributed by atoms with Crippen molar-refractivity contribution >= 4 is 0 Å². The van der Waals surface area contributed by atoms with Gasteiger partial charge in [-0.25, -0.2) is 4.98 Å². The Labute approximate surface area is 89.9 Å². The highest BCUT2D eigenvalue weighted by Gasteiger charge is 2.20. The summed E-state index contributed by atoms with van der Waals surface area (Å²) in [4.78, 5) is 19.2. The van der Waals surface area contributed by atoms with Crippen molar-refractivity contribution in [2.24, 2.45) is 0 Å². The number of aromatic nitrogens is 2. The number of aromatic amines is 1. The third-order valence-electron chi connectivity index (χ3n) is 3.34. The number of hydrogen-bond acceptors (Lipinski definition) is 2. The molecular weight excluding hydrogens is 188 g/mol. The number of aryl methyl sites for hydroxylation is 1. The fourth-order valence-corrected chi connectivity index (χ4v) is 2.44. The Balaban J connectivity index is 2.38. The van der Waals surface area contributed by atoms with Crippen molar-refractivity contribution in [3.63, 3.8) is 0 Å². The third-order valence-corrected chi connectivity index (χ3v) is 3.34. The zero-order valence-corrected chi connectivity index (χ0v) is 9.47. The molecule has 0 spiro atoms. The van der Waals surface area contributed by atoms with Crippen LogP contribution in [0.4, 0.5) is 0 Å². The molecule has 1 fully saturated rings. The van der Waals surface area contributed by atoms with Gasteiger partial charge in [-0.2, -0.15) is 0 Å². The molecule has 82 valence electrons. The first-order valence-corrected chi connectivity index (χ1v) is 5.82. The Hall–Kier alpha value is -1.12. The largest absolute Gasteiger partial charge is 0.310 e. The molecule has 0 unspecified atom stereocenters. The fraction of sp³-hybridized carbons (Fsp3) is 0.667. The molecule has 3 nitrogen and oxygen atoms in total. The number of H-pyrrole nitrogens is 1. The molecule has 1 heterocycles. The van der Waals surface area contributed by atoms with E-state index in [0.29, 0.717) is 5.92 Å². The maximum atomic E-state index is 11.8. The zero-order chi connectivity index (χ0) is 10.8. The number of rotatable bonds is 2. The summed E-state index contributed by atoms with van der Waals surface area (Å²) < 4.78 is 0. The van der Waals surface area contributed by atoms with Crippen LogP contribution in [0.25, 0.3) is 0 Å². The van der Waals surface area contributed by atoms with Gasteiger partial charge in [0.25, 0.3) is 5.56 Å². The van der Waals surface area contributed by atoms with E-state index >= 15 is 0 Å². The fourth-order valence-electron chi connectivity index (χ4n) is 2.44. The maximum Gasteiger partial charge on any atom is 0.254 e. The second kappa shape index (κ2) is 4.17. The van der Waals surface area contributed by atoms with E-state index in [-0.39, 0.29) is 5.56 Å². The van der Waals surface area contributed by atoms with Gasteiger partial charge < -0.3 is 4.98 Å². The van der Waals surface area contributed by atoms with Gasteiger partial charge in [-0.15, -0.1) is 0 Å². The van der Waals surface area contributed by atoms with E-state index in [4.69, 9.17) is 0 Å². The quantitative estimate of drug-likeness (QED) is 0.807. The van der Waals surface area contributed by atoms with Crippen LogP contribution in [0, 0.1) is 6.92 Å². The molecule has 0 bridgehead atoms. The van der Waals surface area contributed by atoms with Crippen LogP contribution in [-0.2, 0) is 6.42 Å². The van der Waals surface area contributed by atoms with Crippen molar-refractivity contribution in [1.29, 1.82) is 0 Å². The van der Waals surface area contributed by atoms with Gasteiger partial charge >= 0.3 is 0 Å². The van der Waals surface area contributed by atoms with Gasteiger partial charge in [-0.3, -0.25) is 4.79 Å². The van der Waals surface area contributed by atoms with Crippen LogP contribution in [0.2, 0.25) is 0 Å². The minimum absolute atomic E-state index is 0.0619. The van der Waals surface area contributed by atoms with Crippen LogP contribution in [0.5, 0.6) is 0 Å². The zero-order valence-electron chi connectivity index (χ0n) is 9.47. The average molecular weight is 206 g/mol. The summed E-state index contributed by atoms with van der Waals surface area (Å²) in [5.41, 5.74) is 1.80. The molecule has 1 aliphatic rings. The third kappa shape index (κ3) is 1.96. The monoisotopic (exact) mass is 206 g/mol. The van der Waals surface area contributed by atoms with Gasteiger partial charge in [0.15, 0.2) is 0 Å². The highest BCUT2D eigenvalue weighted by molar-refractivity contribution is 5.17. The number of nitrogens with zero attached hydrogens (tertiary/aromatic N) is 1. The minimum Gasteiger partial charge on any atom is -0.310 e. The van der Waals surface area contributed by atoms with Crippen molar-refractivity contribution in [3.05, 3.63) is 27.4 Å². The molecule has 0 amide bonds. The van der Waals surface area contributed by atoms with Crippen molar-refractivity contribution < 1.29 is 0 Å². The first-order chi connectivity index (χ1) is 7.22. The van der Waals surface area contributed by atoms with Gasteiger partial charge in [0.2, 0.25) is 0 Å². The molecule has 0 aromatic carbocycles. The van der Waals surface area contributed by atoms with E-state index in [2.05, 4.69) is 9.97 Å². The Bertz CT molecular complexity index is 403. The molecule has 1 aromatic heterocycles. The molecule has 15 heavy (non-hydrogen) atoms. The van der Waals surface area contributed by atoms with E-state index in [9.17, 15) is 4.79 Å². The van der Waals surface area contributed by atoms with Crippen LogP contribution >= 0.6 is 0 Å². The Kier molecular flexibility index (Phi) is 2.89. The summed E-state index contributed by atoms with van der Waals surface area (Å²) in [6.07, 6.45) is 5.65. The predicted octanol–water partition coefficient (Wildman–Crippen LogP) is 2.30. The SMILES string of the molecule is CCc1c(C)nc(C2CCCC2)[nH]c1=O. The molecule has 0 saturated heterocycles. The summed E-state index contributed by atoms with van der Waals surface area (Å²) in [6.45, 7) is 3.93. The van der Waals surface area contributed by atoms with Crippen molar-refractivity contribution in [2.45, 2.75) is 51.9 Å². The summed E-state index contributed by atoms with van der Waals surface area (Å²) in [5.74, 6) is 1.40. The summed E-state index contributed by atoms with van der Waals surface area (Å²) in [7, 11) is 0. The smallest absolute Gasteiger partial charge is 0.254 e. The normalized spacial score (nSPS) is 17.2. The van der Waals surface area contributed by atoms with Gasteiger partial charge in [0.1, 0.15) is 5.82 Å². The van der Waals surface area contributed by atoms with Crippen LogP contribution in [0.15, 0.2) is 4.79 Å². The molecule has 0 radical (unpaired) electrons. The van der Waals surface area contributed by atoms with Crippen LogP contribution in [-0.4, -0.2) is 9.97 Å². The molecule has 1 aliphatic carbocycles. The highest BCUT2D eigenvalue weighted by atomic mass is 16.1. The molecule has 1 aromatic rings. The van der Waals surface area contributed by atoms with E-state index in [1.54, 1.807) is 0 Å². The van der Waals surface area contributed by atoms with E-state index in [1.807, 2.05) is 13.8 Å². The van der Waals surface area contributed by atoms with Crippen molar-refractivity contribution in [3.8, 4) is 0 Å². The maximum absolute atomic E-state index is 11.8. The Morgan fingerprint density at radius 1 is 1.40 bits per heavy atom. The highest BCUT2D eigenvalue weighted by Crippen LogP contribution is 2.31. The van der Waals surface area contributed by atoms with Crippen molar-refractivity contribution in [1.82, 2.24) is 9.97 Å². The van der Waals surface area contributed by atoms with Crippen LogP contribution in [0.3, 0.4) is 0 Å². The summed E-state index contributed by atoms with van der Waals surface area (Å²) in [6, 6.07) is 0. The Morgan fingerprint density at radius 2 is 2.07 bits per heavy atom. The second-order valence-electron chi connectivity index (χ2n) is 4.35. The lowest BCUT2D eigenvalue weighted by atomic mass is 10.1. The minimum atomic E-state index is 0.0619. The lowest BCUT2D eigenvalue weighted by Crippen LogP contribution is -2.19. The van der Waals surface area contributed by atoms with Gasteiger partial charge in [0.05, 0.1) is 0 Å². The summed E-state index contributed by atoms with van der Waals surface area (Å²) in [5, 5.41) is 0. The van der Waals surface area contributed by atoms with Gasteiger partial charge in [-0.1, -0.05) is 19.8 Å². The van der Waals surface area contributed by atoms with Crippen molar-refractivity contribution in [2.75, 3.05) is 0 Å². The molecular formula is C12H18N2O. The Morgan fingerprint density at radius 3 is 2.60 bits per heavy atom. The summed E-state index contributed by atoms with van der Waals surface area (Å²) >= 11 is 0. The molecule has 0 aliphatic heterocycles. The van der Waals surface area contributed by atoms with Gasteiger partial charge in [0, 0.05) is 17.2 Å². The average Bonchev–Trinajstić information content (AvgIpc) is 2.69. The van der Waals surface area contributed by atoms with Crippen LogP contribution < -0.4 is 5.56 Å². The topological polar surface area (TPSA) is 45.8 Å². The molecule has 1 saturated carbocycles. The lowest BCUT2D eigenvalue weighted by molar-refractivity contribution is 0.655. The first-order valence-electron chi connectivity index (χ1n) is 5.82. The molecule has 1 N–H and O–H groups in total. The standard InChI is InChI=1S/C12H18N2O/c1-3-10-8(2)13-11(14-12(10)15)9-6-4-5-7-9/h9H,3-7H2,1-2H3,(H,13,14,15). The molecule has 2 rings (SSSR count). The second-order valence-corrected chi connectivity index (χ2v) is 4.35.